The Morgan fingerprint density at radius 2 is 1.75 bits per heavy atom. The molecule has 2 fully saturated rings. The van der Waals surface area contributed by atoms with Crippen molar-refractivity contribution in [2.24, 2.45) is 0 Å². The summed E-state index contributed by atoms with van der Waals surface area (Å²) in [5.74, 6) is 1.40. The van der Waals surface area contributed by atoms with E-state index in [4.69, 9.17) is 16.3 Å². The van der Waals surface area contributed by atoms with Crippen LogP contribution in [0.4, 0.5) is 34.5 Å². The van der Waals surface area contributed by atoms with Crippen LogP contribution >= 0.6 is 11.6 Å². The van der Waals surface area contributed by atoms with Gasteiger partial charge in [0.25, 0.3) is 0 Å². The molecular weight excluding hydrogens is 600 g/mol. The molecule has 3 aliphatic rings. The van der Waals surface area contributed by atoms with Gasteiger partial charge in [0, 0.05) is 63.6 Å². The second kappa shape index (κ2) is 12.6. The minimum atomic E-state index is -3.43. The number of anilines is 6. The standard InChI is InChI=1S/C31H41ClN8O3S/c1-21-18-26(28(43-3)19-27(21)39-11-9-23(10-12-39)38-16-14-37(2)15-17-38)35-31-33-20-24(32)30(36-31)34-25-7-5-6-22-8-13-40(29(22)25)44(4,41)42/h5-7,18-20,23H,8-17H2,1-4H3,(H2,33,34,35,36). The van der Waals surface area contributed by atoms with Crippen molar-refractivity contribution in [2.45, 2.75) is 32.2 Å². The Labute approximate surface area is 265 Å². The lowest BCUT2D eigenvalue weighted by molar-refractivity contribution is 0.0982. The van der Waals surface area contributed by atoms with Crippen LogP contribution in [0.3, 0.4) is 0 Å². The van der Waals surface area contributed by atoms with Gasteiger partial charge in [0.1, 0.15) is 10.8 Å². The molecule has 1 aromatic heterocycles. The van der Waals surface area contributed by atoms with E-state index in [1.165, 1.54) is 22.4 Å². The van der Waals surface area contributed by atoms with Crippen molar-refractivity contribution in [2.75, 3.05) is 86.1 Å². The number of fused-ring (bicyclic) bond motifs is 1. The molecule has 3 aliphatic heterocycles. The molecule has 0 unspecified atom stereocenters. The molecule has 13 heteroatoms. The highest BCUT2D eigenvalue weighted by atomic mass is 35.5. The van der Waals surface area contributed by atoms with E-state index in [2.05, 4.69) is 61.4 Å². The van der Waals surface area contributed by atoms with E-state index in [0.29, 0.717) is 52.9 Å². The number of piperidine rings is 1. The predicted molar refractivity (Wildman–Crippen MR) is 178 cm³/mol. The zero-order valence-corrected chi connectivity index (χ0v) is 27.4. The van der Waals surface area contributed by atoms with Crippen molar-refractivity contribution in [3.8, 4) is 5.75 Å². The molecule has 0 spiro atoms. The zero-order valence-electron chi connectivity index (χ0n) is 25.8. The molecule has 0 aliphatic carbocycles. The molecule has 2 saturated heterocycles. The van der Waals surface area contributed by atoms with Crippen LogP contribution in [0.15, 0.2) is 36.5 Å². The molecule has 11 nitrogen and oxygen atoms in total. The Morgan fingerprint density at radius 1 is 1.00 bits per heavy atom. The number of likely N-dealkylation sites (N-methyl/N-ethyl adjacent to an activating group) is 1. The van der Waals surface area contributed by atoms with Crippen LogP contribution in [0, 0.1) is 6.92 Å². The van der Waals surface area contributed by atoms with Crippen molar-refractivity contribution in [3.63, 3.8) is 0 Å². The lowest BCUT2D eigenvalue weighted by atomic mass is 10.0. The summed E-state index contributed by atoms with van der Waals surface area (Å²) >= 11 is 6.50. The van der Waals surface area contributed by atoms with Gasteiger partial charge in [-0.25, -0.2) is 13.4 Å². The van der Waals surface area contributed by atoms with Gasteiger partial charge in [0.2, 0.25) is 16.0 Å². The van der Waals surface area contributed by atoms with Crippen LogP contribution in [0.2, 0.25) is 5.02 Å². The lowest BCUT2D eigenvalue weighted by Crippen LogP contribution is -2.52. The molecule has 0 atom stereocenters. The number of halogens is 1. The molecule has 236 valence electrons. The maximum absolute atomic E-state index is 12.4. The molecule has 0 bridgehead atoms. The first-order chi connectivity index (χ1) is 21.1. The monoisotopic (exact) mass is 640 g/mol. The molecule has 2 N–H and O–H groups in total. The van der Waals surface area contributed by atoms with E-state index in [1.54, 1.807) is 7.11 Å². The minimum absolute atomic E-state index is 0.315. The van der Waals surface area contributed by atoms with Crippen LogP contribution < -0.4 is 24.6 Å². The number of piperazine rings is 1. The van der Waals surface area contributed by atoms with Crippen LogP contribution in [-0.2, 0) is 16.4 Å². The van der Waals surface area contributed by atoms with Crippen molar-refractivity contribution >= 4 is 56.1 Å². The van der Waals surface area contributed by atoms with E-state index in [1.807, 2.05) is 18.2 Å². The number of nitrogens with one attached hydrogen (secondary N) is 2. The average molecular weight is 641 g/mol. The Morgan fingerprint density at radius 3 is 2.45 bits per heavy atom. The number of hydrogen-bond donors (Lipinski definition) is 2. The summed E-state index contributed by atoms with van der Waals surface area (Å²) in [6.45, 7) is 9.17. The molecule has 6 rings (SSSR count). The van der Waals surface area contributed by atoms with E-state index < -0.39 is 10.0 Å². The van der Waals surface area contributed by atoms with E-state index in [9.17, 15) is 8.42 Å². The van der Waals surface area contributed by atoms with Gasteiger partial charge < -0.3 is 25.2 Å². The van der Waals surface area contributed by atoms with Crippen LogP contribution in [0.5, 0.6) is 5.75 Å². The fourth-order valence-electron chi connectivity index (χ4n) is 6.56. The summed E-state index contributed by atoms with van der Waals surface area (Å²) in [5.41, 5.74) is 5.26. The smallest absolute Gasteiger partial charge is 0.232 e. The van der Waals surface area contributed by atoms with Gasteiger partial charge >= 0.3 is 0 Å². The first-order valence-corrected chi connectivity index (χ1v) is 17.4. The summed E-state index contributed by atoms with van der Waals surface area (Å²) in [6.07, 6.45) is 5.70. The fourth-order valence-corrected chi connectivity index (χ4v) is 7.67. The molecular formula is C31H41ClN8O3S. The third kappa shape index (κ3) is 6.39. The van der Waals surface area contributed by atoms with Crippen LogP contribution in [0.25, 0.3) is 0 Å². The third-order valence-corrected chi connectivity index (χ3v) is 10.4. The van der Waals surface area contributed by atoms with Crippen molar-refractivity contribution in [3.05, 3.63) is 52.7 Å². The number of benzene rings is 2. The minimum Gasteiger partial charge on any atom is -0.494 e. The number of sulfonamides is 1. The number of para-hydroxylation sites is 1. The second-order valence-corrected chi connectivity index (χ2v) is 14.2. The Kier molecular flexibility index (Phi) is 8.78. The quantitative estimate of drug-likeness (QED) is 0.366. The van der Waals surface area contributed by atoms with Crippen molar-refractivity contribution in [1.29, 1.82) is 0 Å². The van der Waals surface area contributed by atoms with Crippen molar-refractivity contribution in [1.82, 2.24) is 19.8 Å². The number of ether oxygens (including phenoxy) is 1. The van der Waals surface area contributed by atoms with Gasteiger partial charge in [-0.1, -0.05) is 23.7 Å². The number of aryl methyl sites for hydroxylation is 1. The first kappa shape index (κ1) is 30.7. The average Bonchev–Trinajstić information content (AvgIpc) is 3.46. The summed E-state index contributed by atoms with van der Waals surface area (Å²) in [4.78, 5) is 16.6. The van der Waals surface area contributed by atoms with Crippen LogP contribution in [0.1, 0.15) is 24.0 Å². The Balaban J connectivity index is 1.18. The van der Waals surface area contributed by atoms with Gasteiger partial charge in [-0.3, -0.25) is 9.21 Å². The molecule has 0 amide bonds. The fraction of sp³-hybridized carbons (Fsp3) is 0.484. The number of aromatic nitrogens is 2. The summed E-state index contributed by atoms with van der Waals surface area (Å²) in [5, 5.41) is 6.87. The molecule has 44 heavy (non-hydrogen) atoms. The van der Waals surface area contributed by atoms with Gasteiger partial charge in [-0.15, -0.1) is 0 Å². The summed E-state index contributed by atoms with van der Waals surface area (Å²) < 4.78 is 32.1. The van der Waals surface area contributed by atoms with Gasteiger partial charge in [0.15, 0.2) is 5.82 Å². The summed E-state index contributed by atoms with van der Waals surface area (Å²) in [6, 6.07) is 10.5. The molecule has 2 aromatic carbocycles. The zero-order chi connectivity index (χ0) is 31.0. The van der Waals surface area contributed by atoms with E-state index in [-0.39, 0.29) is 0 Å². The second-order valence-electron chi connectivity index (χ2n) is 11.9. The highest BCUT2D eigenvalue weighted by Crippen LogP contribution is 2.40. The van der Waals surface area contributed by atoms with Gasteiger partial charge in [-0.2, -0.15) is 4.98 Å². The number of rotatable bonds is 8. The lowest BCUT2D eigenvalue weighted by Gasteiger charge is -2.43. The third-order valence-electron chi connectivity index (χ3n) is 8.97. The molecule has 4 heterocycles. The Bertz CT molecular complexity index is 1620. The number of hydrogen-bond acceptors (Lipinski definition) is 10. The van der Waals surface area contributed by atoms with E-state index in [0.717, 1.165) is 68.9 Å². The largest absolute Gasteiger partial charge is 0.494 e. The highest BCUT2D eigenvalue weighted by Gasteiger charge is 2.30. The predicted octanol–water partition coefficient (Wildman–Crippen LogP) is 4.47. The highest BCUT2D eigenvalue weighted by molar-refractivity contribution is 7.92. The number of methoxy groups -OCH3 is 1. The maximum Gasteiger partial charge on any atom is 0.232 e. The van der Waals surface area contributed by atoms with Gasteiger partial charge in [0.05, 0.1) is 36.6 Å². The first-order valence-electron chi connectivity index (χ1n) is 15.1. The molecule has 0 saturated carbocycles. The molecule has 3 aromatic rings. The van der Waals surface area contributed by atoms with E-state index >= 15 is 0 Å². The maximum atomic E-state index is 12.4. The normalized spacial score (nSPS) is 18.4. The van der Waals surface area contributed by atoms with Crippen LogP contribution in [-0.4, -0.2) is 100 Å². The summed E-state index contributed by atoms with van der Waals surface area (Å²) in [7, 11) is 0.440. The number of nitrogens with zero attached hydrogens (tertiary/aromatic N) is 6. The molecule has 0 radical (unpaired) electrons. The van der Waals surface area contributed by atoms with Crippen molar-refractivity contribution < 1.29 is 13.2 Å². The Hall–Kier alpha value is -3.32. The van der Waals surface area contributed by atoms with Gasteiger partial charge in [-0.05, 0) is 56.5 Å². The SMILES string of the molecule is COc1cc(N2CCC(N3CCN(C)CC3)CC2)c(C)cc1Nc1ncc(Cl)c(Nc2cccc3c2N(S(C)(=O)=O)CC3)n1. The topological polar surface area (TPSA) is 106 Å².